The summed E-state index contributed by atoms with van der Waals surface area (Å²) < 4.78 is 13.8. The van der Waals surface area contributed by atoms with Crippen LogP contribution in [0.2, 0.25) is 0 Å². The normalized spacial score (nSPS) is 10.9. The van der Waals surface area contributed by atoms with Crippen molar-refractivity contribution in [3.63, 3.8) is 0 Å². The van der Waals surface area contributed by atoms with Crippen LogP contribution in [0.25, 0.3) is 0 Å². The van der Waals surface area contributed by atoms with Crippen LogP contribution in [0.3, 0.4) is 0 Å². The van der Waals surface area contributed by atoms with Crippen molar-refractivity contribution in [2.75, 3.05) is 20.3 Å². The molecule has 0 N–H and O–H groups in total. The first kappa shape index (κ1) is 55.3. The Labute approximate surface area is 377 Å². The molecule has 0 spiro atoms. The number of hydrogen-bond donors (Lipinski definition) is 0. The molecule has 0 saturated carbocycles. The number of ether oxygens (including phenoxy) is 3. The predicted molar refractivity (Wildman–Crippen MR) is 245 cm³/mol. The second-order valence-corrected chi connectivity index (χ2v) is 16.9. The molecule has 342 valence electrons. The van der Waals surface area contributed by atoms with E-state index in [0.717, 1.165) is 16.7 Å². The van der Waals surface area contributed by atoms with Gasteiger partial charge in [0.15, 0.2) is 17.3 Å². The van der Waals surface area contributed by atoms with E-state index in [0.29, 0.717) is 30.4 Å². The van der Waals surface area contributed by atoms with Gasteiger partial charge in [-0.1, -0.05) is 134 Å². The molecule has 0 atom stereocenters. The van der Waals surface area contributed by atoms with Crippen molar-refractivity contribution in [2.45, 2.75) is 105 Å². The summed E-state index contributed by atoms with van der Waals surface area (Å²) in [4.78, 5) is 104. The Balaban J connectivity index is 0.000000480. The van der Waals surface area contributed by atoms with Crippen LogP contribution < -0.4 is 0 Å². The lowest BCUT2D eigenvalue weighted by molar-refractivity contribution is -0.138. The Morgan fingerprint density at radius 3 is 0.984 bits per heavy atom. The van der Waals surface area contributed by atoms with Crippen LogP contribution in [-0.2, 0) is 59.2 Å². The highest BCUT2D eigenvalue weighted by Crippen LogP contribution is 2.30. The zero-order valence-electron chi connectivity index (χ0n) is 39.1. The Kier molecular flexibility index (Phi) is 21.5. The van der Waals surface area contributed by atoms with E-state index in [2.05, 4.69) is 29.2 Å². The van der Waals surface area contributed by atoms with Crippen molar-refractivity contribution in [1.82, 2.24) is 0 Å². The molecule has 0 aliphatic heterocycles. The van der Waals surface area contributed by atoms with Gasteiger partial charge in [-0.2, -0.15) is 0 Å². The first-order chi connectivity index (χ1) is 29.7. The van der Waals surface area contributed by atoms with E-state index >= 15 is 0 Å². The molecule has 0 radical (unpaired) electrons. The van der Waals surface area contributed by atoms with Crippen LogP contribution in [0.4, 0.5) is 0 Å². The lowest BCUT2D eigenvalue weighted by Crippen LogP contribution is -2.23. The van der Waals surface area contributed by atoms with Gasteiger partial charge in [-0.3, -0.25) is 28.8 Å². The SMILES string of the molecule is C=C(C)C(=O)CC(C)(C)c1ccc(C(=O)C(=O)OC)cc1.C=C(C)C(=O)CC(C)(C)c1ccc(C(=O)C(=O)OCC)cc1.C=CC(=O)CC(C)(C)c1ccc(C(=O)C(=O)OCC)cc1. The Bertz CT molecular complexity index is 2230. The monoisotopic (exact) mass is 878 g/mol. The molecule has 0 aliphatic rings. The van der Waals surface area contributed by atoms with Crippen LogP contribution in [0.1, 0.15) is 136 Å². The molecule has 0 aromatic heterocycles. The third-order valence-corrected chi connectivity index (χ3v) is 10.1. The van der Waals surface area contributed by atoms with Crippen molar-refractivity contribution in [2.24, 2.45) is 0 Å². The van der Waals surface area contributed by atoms with E-state index in [1.54, 1.807) is 100 Å². The Morgan fingerprint density at radius 1 is 0.484 bits per heavy atom. The highest BCUT2D eigenvalue weighted by Gasteiger charge is 2.28. The first-order valence-corrected chi connectivity index (χ1v) is 20.6. The van der Waals surface area contributed by atoms with Gasteiger partial charge in [0.25, 0.3) is 17.3 Å². The summed E-state index contributed by atoms with van der Waals surface area (Å²) in [7, 11) is 1.17. The standard InChI is InChI=1S/C18H22O4.2C17H20O4/c1-6-22-17(21)16(20)13-7-9-14(10-8-13)18(4,5)11-15(19)12(2)3;1-11(2)14(18)10-17(3,4)13-8-6-12(7-9-13)15(19)16(20)21-5;1-5-14(18)11-17(3,4)13-9-7-12(8-10-13)15(19)16(20)21-6-2/h7-10H,2,6,11H2,1,3-5H3;6-9H,1,10H2,2-5H3;5,7-10H,1,6,11H2,2-4H3. The molecule has 64 heavy (non-hydrogen) atoms. The fraction of sp³-hybridized carbons (Fsp3) is 0.365. The largest absolute Gasteiger partial charge is 0.463 e. The predicted octanol–water partition coefficient (Wildman–Crippen LogP) is 8.96. The second-order valence-electron chi connectivity index (χ2n) is 16.9. The molecule has 12 heteroatoms. The van der Waals surface area contributed by atoms with Gasteiger partial charge in [0.1, 0.15) is 0 Å². The molecular weight excluding hydrogens is 817 g/mol. The summed E-state index contributed by atoms with van der Waals surface area (Å²) in [6.07, 6.45) is 2.32. The summed E-state index contributed by atoms with van der Waals surface area (Å²) in [6.45, 7) is 29.5. The topological polar surface area (TPSA) is 181 Å². The number of hydrogen-bond acceptors (Lipinski definition) is 12. The maximum Gasteiger partial charge on any atom is 0.379 e. The fourth-order valence-electron chi connectivity index (χ4n) is 5.98. The average molecular weight is 879 g/mol. The zero-order valence-corrected chi connectivity index (χ0v) is 39.1. The van der Waals surface area contributed by atoms with Gasteiger partial charge in [-0.15, -0.1) is 0 Å². The minimum Gasteiger partial charge on any atom is -0.463 e. The quantitative estimate of drug-likeness (QED) is 0.0346. The third kappa shape index (κ3) is 16.9. The van der Waals surface area contributed by atoms with Crippen molar-refractivity contribution in [3.8, 4) is 0 Å². The van der Waals surface area contributed by atoms with E-state index in [9.17, 15) is 43.2 Å². The molecule has 3 aromatic carbocycles. The summed E-state index contributed by atoms with van der Waals surface area (Å²) in [5.74, 6) is -4.62. The molecule has 3 aromatic rings. The second kappa shape index (κ2) is 24.8. The molecule has 0 amide bonds. The van der Waals surface area contributed by atoms with Crippen molar-refractivity contribution >= 4 is 52.6 Å². The molecule has 0 heterocycles. The molecular formula is C52H62O12. The highest BCUT2D eigenvalue weighted by atomic mass is 16.5. The molecule has 0 unspecified atom stereocenters. The van der Waals surface area contributed by atoms with E-state index in [1.165, 1.54) is 13.2 Å². The van der Waals surface area contributed by atoms with E-state index in [1.807, 2.05) is 41.5 Å². The molecule has 0 saturated heterocycles. The summed E-state index contributed by atoms with van der Waals surface area (Å²) in [6, 6.07) is 20.0. The molecule has 0 bridgehead atoms. The van der Waals surface area contributed by atoms with Crippen LogP contribution in [0, 0.1) is 0 Å². The van der Waals surface area contributed by atoms with Crippen molar-refractivity contribution in [3.05, 3.63) is 143 Å². The number of esters is 3. The number of carbonyl (C=O) groups is 9. The summed E-state index contributed by atoms with van der Waals surface area (Å²) in [5, 5.41) is 0. The average Bonchev–Trinajstić information content (AvgIpc) is 3.25. The van der Waals surface area contributed by atoms with Gasteiger partial charge >= 0.3 is 17.9 Å². The van der Waals surface area contributed by atoms with Crippen LogP contribution >= 0.6 is 0 Å². The third-order valence-electron chi connectivity index (χ3n) is 10.1. The molecule has 12 nitrogen and oxygen atoms in total. The van der Waals surface area contributed by atoms with Gasteiger partial charge in [0.2, 0.25) is 0 Å². The van der Waals surface area contributed by atoms with E-state index < -0.39 is 35.3 Å². The van der Waals surface area contributed by atoms with E-state index in [4.69, 9.17) is 4.74 Å². The van der Waals surface area contributed by atoms with Gasteiger partial charge in [0, 0.05) is 36.0 Å². The number of carbonyl (C=O) groups excluding carboxylic acids is 9. The minimum absolute atomic E-state index is 0.00899. The van der Waals surface area contributed by atoms with Gasteiger partial charge < -0.3 is 14.2 Å². The number of allylic oxidation sites excluding steroid dienone is 3. The number of methoxy groups -OCH3 is 1. The van der Waals surface area contributed by atoms with Crippen LogP contribution in [0.5, 0.6) is 0 Å². The number of benzene rings is 3. The lowest BCUT2D eigenvalue weighted by Gasteiger charge is -2.24. The Hall–Kier alpha value is -6.69. The van der Waals surface area contributed by atoms with E-state index in [-0.39, 0.29) is 63.5 Å². The van der Waals surface area contributed by atoms with Crippen LogP contribution in [0.15, 0.2) is 110 Å². The number of ketones is 6. The molecule has 0 fully saturated rings. The minimum atomic E-state index is -0.889. The lowest BCUT2D eigenvalue weighted by atomic mass is 9.79. The Morgan fingerprint density at radius 2 is 0.750 bits per heavy atom. The van der Waals surface area contributed by atoms with Gasteiger partial charge in [-0.25, -0.2) is 14.4 Å². The number of rotatable bonds is 20. The van der Waals surface area contributed by atoms with Gasteiger partial charge in [-0.05, 0) is 77.9 Å². The smallest absolute Gasteiger partial charge is 0.379 e. The number of Topliss-reactive ketones (excluding diaryl/α,β-unsaturated/α-hetero) is 5. The molecule has 0 aliphatic carbocycles. The molecule has 3 rings (SSSR count). The zero-order chi connectivity index (χ0) is 49.2. The van der Waals surface area contributed by atoms with Crippen LogP contribution in [-0.4, -0.2) is 72.9 Å². The highest BCUT2D eigenvalue weighted by molar-refractivity contribution is 6.41. The first-order valence-electron chi connectivity index (χ1n) is 20.6. The van der Waals surface area contributed by atoms with Crippen molar-refractivity contribution < 1.29 is 57.4 Å². The summed E-state index contributed by atoms with van der Waals surface area (Å²) in [5.41, 5.74) is 3.53. The fourth-order valence-corrected chi connectivity index (χ4v) is 5.98. The summed E-state index contributed by atoms with van der Waals surface area (Å²) >= 11 is 0. The maximum absolute atomic E-state index is 11.9. The maximum atomic E-state index is 11.9. The van der Waals surface area contributed by atoms with Gasteiger partial charge in [0.05, 0.1) is 20.3 Å². The van der Waals surface area contributed by atoms with Crippen molar-refractivity contribution in [1.29, 1.82) is 0 Å².